The summed E-state index contributed by atoms with van der Waals surface area (Å²) in [5.74, 6) is 0.234. The molecule has 0 bridgehead atoms. The highest BCUT2D eigenvalue weighted by Gasteiger charge is 2.18. The fourth-order valence-electron chi connectivity index (χ4n) is 4.02. The van der Waals surface area contributed by atoms with Crippen molar-refractivity contribution < 1.29 is 14.3 Å². The zero-order chi connectivity index (χ0) is 24.6. The smallest absolute Gasteiger partial charge is 0.259 e. The van der Waals surface area contributed by atoms with E-state index in [4.69, 9.17) is 4.74 Å². The molecule has 0 fully saturated rings. The summed E-state index contributed by atoms with van der Waals surface area (Å²) in [7, 11) is 0. The average molecular weight is 467 g/mol. The van der Waals surface area contributed by atoms with E-state index < -0.39 is 0 Å². The van der Waals surface area contributed by atoms with Crippen LogP contribution in [0.3, 0.4) is 0 Å². The van der Waals surface area contributed by atoms with Crippen molar-refractivity contribution in [2.45, 2.75) is 26.7 Å². The zero-order valence-corrected chi connectivity index (χ0v) is 20.2. The summed E-state index contributed by atoms with van der Waals surface area (Å²) in [6, 6.07) is 28.2. The average Bonchev–Trinajstić information content (AvgIpc) is 2.90. The van der Waals surface area contributed by atoms with Crippen molar-refractivity contribution in [2.75, 3.05) is 23.4 Å². The Morgan fingerprint density at radius 3 is 2.31 bits per heavy atom. The van der Waals surface area contributed by atoms with Crippen LogP contribution < -0.4 is 15.0 Å². The minimum Gasteiger partial charge on any atom is -0.493 e. The molecule has 0 aromatic heterocycles. The number of anilines is 2. The lowest BCUT2D eigenvalue weighted by Gasteiger charge is -2.23. The molecule has 35 heavy (non-hydrogen) atoms. The summed E-state index contributed by atoms with van der Waals surface area (Å²) in [6.45, 7) is 5.18. The first kappa shape index (κ1) is 24.0. The molecule has 0 aliphatic carbocycles. The first-order valence-corrected chi connectivity index (χ1v) is 12.0. The fraction of sp³-hybridized carbons (Fsp3) is 0.200. The van der Waals surface area contributed by atoms with E-state index in [0.29, 0.717) is 35.7 Å². The molecule has 1 N–H and O–H groups in total. The van der Waals surface area contributed by atoms with Gasteiger partial charge in [0.1, 0.15) is 5.75 Å². The maximum Gasteiger partial charge on any atom is 0.259 e. The molecule has 0 saturated carbocycles. The summed E-state index contributed by atoms with van der Waals surface area (Å²) < 4.78 is 5.79. The third kappa shape index (κ3) is 5.52. The molecule has 5 heteroatoms. The number of para-hydroxylation sites is 1. The predicted molar refractivity (Wildman–Crippen MR) is 143 cm³/mol. The Labute approximate surface area is 206 Å². The minimum absolute atomic E-state index is 0.0867. The second-order valence-corrected chi connectivity index (χ2v) is 8.28. The largest absolute Gasteiger partial charge is 0.493 e. The van der Waals surface area contributed by atoms with Gasteiger partial charge in [-0.05, 0) is 61.2 Å². The van der Waals surface area contributed by atoms with E-state index in [2.05, 4.69) is 12.2 Å². The number of benzene rings is 4. The summed E-state index contributed by atoms with van der Waals surface area (Å²) >= 11 is 0. The van der Waals surface area contributed by atoms with Gasteiger partial charge in [-0.25, -0.2) is 0 Å². The van der Waals surface area contributed by atoms with Crippen LogP contribution in [-0.4, -0.2) is 25.0 Å². The number of amides is 2. The first-order valence-electron chi connectivity index (χ1n) is 12.0. The SMILES string of the molecule is CCCCOc1ccccc1C(=O)Nc1ccc(C(=O)N(CC)c2cccc3ccccc23)cc1. The van der Waals surface area contributed by atoms with Crippen LogP contribution in [0.15, 0.2) is 91.0 Å². The highest BCUT2D eigenvalue weighted by Crippen LogP contribution is 2.28. The molecule has 0 radical (unpaired) electrons. The van der Waals surface area contributed by atoms with Crippen molar-refractivity contribution in [2.24, 2.45) is 0 Å². The number of carbonyl (C=O) groups excluding carboxylic acids is 2. The van der Waals surface area contributed by atoms with Crippen molar-refractivity contribution in [1.29, 1.82) is 0 Å². The van der Waals surface area contributed by atoms with Gasteiger partial charge in [0.15, 0.2) is 0 Å². The first-order chi connectivity index (χ1) is 17.1. The molecule has 0 atom stereocenters. The number of ether oxygens (including phenoxy) is 1. The second-order valence-electron chi connectivity index (χ2n) is 8.28. The lowest BCUT2D eigenvalue weighted by molar-refractivity contribution is 0.0987. The van der Waals surface area contributed by atoms with E-state index in [1.807, 2.05) is 61.5 Å². The number of rotatable bonds is 9. The zero-order valence-electron chi connectivity index (χ0n) is 20.2. The molecule has 178 valence electrons. The highest BCUT2D eigenvalue weighted by molar-refractivity contribution is 6.11. The Bertz CT molecular complexity index is 1310. The Hall–Kier alpha value is -4.12. The van der Waals surface area contributed by atoms with Gasteiger partial charge in [-0.3, -0.25) is 9.59 Å². The van der Waals surface area contributed by atoms with Gasteiger partial charge in [-0.2, -0.15) is 0 Å². The van der Waals surface area contributed by atoms with Crippen LogP contribution in [0.4, 0.5) is 11.4 Å². The Balaban J connectivity index is 1.50. The lowest BCUT2D eigenvalue weighted by Crippen LogP contribution is -2.30. The molecule has 0 spiro atoms. The maximum atomic E-state index is 13.4. The topological polar surface area (TPSA) is 58.6 Å². The van der Waals surface area contributed by atoms with Crippen LogP contribution in [0.25, 0.3) is 10.8 Å². The van der Waals surface area contributed by atoms with E-state index in [1.54, 1.807) is 41.3 Å². The Morgan fingerprint density at radius 2 is 1.54 bits per heavy atom. The summed E-state index contributed by atoms with van der Waals surface area (Å²) in [6.07, 6.45) is 1.95. The highest BCUT2D eigenvalue weighted by atomic mass is 16.5. The van der Waals surface area contributed by atoms with Gasteiger partial charge >= 0.3 is 0 Å². The molecule has 4 aromatic rings. The van der Waals surface area contributed by atoms with Crippen molar-refractivity contribution in [1.82, 2.24) is 0 Å². The molecule has 0 saturated heterocycles. The van der Waals surface area contributed by atoms with E-state index in [9.17, 15) is 9.59 Å². The van der Waals surface area contributed by atoms with Crippen LogP contribution in [0.2, 0.25) is 0 Å². The molecule has 0 heterocycles. The summed E-state index contributed by atoms with van der Waals surface area (Å²) in [4.78, 5) is 28.0. The van der Waals surface area contributed by atoms with Crippen LogP contribution in [0, 0.1) is 0 Å². The van der Waals surface area contributed by atoms with Gasteiger partial charge in [0.25, 0.3) is 11.8 Å². The maximum absolute atomic E-state index is 13.4. The normalized spacial score (nSPS) is 10.7. The number of nitrogens with zero attached hydrogens (tertiary/aromatic N) is 1. The predicted octanol–water partition coefficient (Wildman–Crippen LogP) is 6.94. The third-order valence-electron chi connectivity index (χ3n) is 5.90. The molecule has 4 aromatic carbocycles. The standard InChI is InChI=1S/C30H30N2O3/c1-3-5-21-35-28-16-9-8-14-26(28)29(33)31-24-19-17-23(18-20-24)30(34)32(4-2)27-15-10-12-22-11-6-7-13-25(22)27/h6-20H,3-5,21H2,1-2H3,(H,31,33). The van der Waals surface area contributed by atoms with E-state index in [-0.39, 0.29) is 11.8 Å². The minimum atomic E-state index is -0.248. The van der Waals surface area contributed by atoms with Crippen molar-refractivity contribution in [3.63, 3.8) is 0 Å². The molecule has 2 amide bonds. The number of unbranched alkanes of at least 4 members (excludes halogenated alkanes) is 1. The van der Waals surface area contributed by atoms with Gasteiger partial charge in [0, 0.05) is 23.2 Å². The van der Waals surface area contributed by atoms with Crippen molar-refractivity contribution >= 4 is 34.0 Å². The number of hydrogen-bond acceptors (Lipinski definition) is 3. The molecule has 4 rings (SSSR count). The van der Waals surface area contributed by atoms with Gasteiger partial charge in [0.05, 0.1) is 17.9 Å². The number of nitrogens with one attached hydrogen (secondary N) is 1. The molecule has 0 aliphatic heterocycles. The van der Waals surface area contributed by atoms with Crippen LogP contribution in [0.1, 0.15) is 47.4 Å². The lowest BCUT2D eigenvalue weighted by atomic mass is 10.1. The fourth-order valence-corrected chi connectivity index (χ4v) is 4.02. The van der Waals surface area contributed by atoms with Gasteiger partial charge < -0.3 is 15.0 Å². The van der Waals surface area contributed by atoms with Crippen LogP contribution in [0.5, 0.6) is 5.75 Å². The molecule has 5 nitrogen and oxygen atoms in total. The summed E-state index contributed by atoms with van der Waals surface area (Å²) in [5.41, 5.74) is 2.54. The van der Waals surface area contributed by atoms with E-state index >= 15 is 0 Å². The third-order valence-corrected chi connectivity index (χ3v) is 5.90. The molecule has 0 aliphatic rings. The quantitative estimate of drug-likeness (QED) is 0.272. The molecular formula is C30H30N2O3. The van der Waals surface area contributed by atoms with Crippen molar-refractivity contribution in [3.05, 3.63) is 102 Å². The van der Waals surface area contributed by atoms with E-state index in [1.165, 1.54) is 0 Å². The van der Waals surface area contributed by atoms with Crippen LogP contribution in [-0.2, 0) is 0 Å². The Kier molecular flexibility index (Phi) is 7.78. The molecular weight excluding hydrogens is 436 g/mol. The number of carbonyl (C=O) groups is 2. The number of fused-ring (bicyclic) bond motifs is 1. The van der Waals surface area contributed by atoms with Gasteiger partial charge in [-0.15, -0.1) is 0 Å². The number of hydrogen-bond donors (Lipinski definition) is 1. The van der Waals surface area contributed by atoms with Gasteiger partial charge in [-0.1, -0.05) is 61.9 Å². The Morgan fingerprint density at radius 1 is 0.829 bits per heavy atom. The van der Waals surface area contributed by atoms with E-state index in [0.717, 1.165) is 29.3 Å². The monoisotopic (exact) mass is 466 g/mol. The van der Waals surface area contributed by atoms with Crippen LogP contribution >= 0.6 is 0 Å². The van der Waals surface area contributed by atoms with Gasteiger partial charge in [0.2, 0.25) is 0 Å². The second kappa shape index (κ2) is 11.3. The van der Waals surface area contributed by atoms with Crippen molar-refractivity contribution in [3.8, 4) is 5.75 Å². The summed E-state index contributed by atoms with van der Waals surface area (Å²) in [5, 5.41) is 5.04. The molecule has 0 unspecified atom stereocenters.